The monoisotopic (exact) mass is 283 g/mol. The van der Waals surface area contributed by atoms with Gasteiger partial charge < -0.3 is 4.57 Å². The van der Waals surface area contributed by atoms with Crippen LogP contribution in [0.1, 0.15) is 13.3 Å². The Hall–Kier alpha value is -2.63. The summed E-state index contributed by atoms with van der Waals surface area (Å²) >= 11 is 0. The van der Waals surface area contributed by atoms with Gasteiger partial charge in [-0.15, -0.1) is 10.2 Å². The second-order valence-corrected chi connectivity index (χ2v) is 4.51. The van der Waals surface area contributed by atoms with E-state index in [1.807, 2.05) is 78.9 Å². The zero-order valence-electron chi connectivity index (χ0n) is 12.5. The van der Waals surface area contributed by atoms with Crippen molar-refractivity contribution in [1.82, 2.24) is 4.57 Å². The van der Waals surface area contributed by atoms with E-state index in [1.54, 1.807) is 0 Å². The standard InChI is InChI=1S/C15H19N6/c1-4-13(16-18-14-9-5-7-11-20(14)2)17-19-15-10-6-8-12-21(15)3/h5-12H,4H2,1-3H3/q+1. The summed E-state index contributed by atoms with van der Waals surface area (Å²) in [5, 5.41) is 16.7. The first-order valence-electron chi connectivity index (χ1n) is 6.79. The molecule has 2 aromatic heterocycles. The molecule has 0 bridgehead atoms. The average molecular weight is 283 g/mol. The number of nitrogens with zero attached hydrogens (tertiary/aromatic N) is 6. The van der Waals surface area contributed by atoms with E-state index < -0.39 is 0 Å². The molecule has 0 aliphatic heterocycles. The lowest BCUT2D eigenvalue weighted by Gasteiger charge is -1.95. The molecule has 0 radical (unpaired) electrons. The van der Waals surface area contributed by atoms with Crippen LogP contribution in [0.3, 0.4) is 0 Å². The highest BCUT2D eigenvalue weighted by Gasteiger charge is 2.04. The minimum absolute atomic E-state index is 0.586. The van der Waals surface area contributed by atoms with Crippen LogP contribution >= 0.6 is 0 Å². The molecule has 2 aromatic rings. The van der Waals surface area contributed by atoms with Crippen molar-refractivity contribution in [2.75, 3.05) is 0 Å². The highest BCUT2D eigenvalue weighted by molar-refractivity contribution is 5.82. The predicted octanol–water partition coefficient (Wildman–Crippen LogP) is 2.26. The number of aryl methyl sites for hydroxylation is 2. The van der Waals surface area contributed by atoms with E-state index in [0.717, 1.165) is 11.3 Å². The molecule has 0 atom stereocenters. The molecule has 0 saturated carbocycles. The Balaban J connectivity index is 2.25. The van der Waals surface area contributed by atoms with Gasteiger partial charge in [0.05, 0.1) is 18.4 Å². The maximum atomic E-state index is 4.20. The number of hydrogen-bond acceptors (Lipinski definition) is 3. The lowest BCUT2D eigenvalue weighted by Crippen LogP contribution is -2.26. The molecule has 0 fully saturated rings. The molecular weight excluding hydrogens is 264 g/mol. The van der Waals surface area contributed by atoms with Crippen LogP contribution in [-0.2, 0) is 14.1 Å². The molecule has 0 N–H and O–H groups in total. The first-order chi connectivity index (χ1) is 10.2. The van der Waals surface area contributed by atoms with Gasteiger partial charge >= 0.3 is 5.82 Å². The summed E-state index contributed by atoms with van der Waals surface area (Å²) in [6.45, 7) is 1.98. The maximum absolute atomic E-state index is 4.20. The number of amidine groups is 1. The molecule has 2 rings (SSSR count). The van der Waals surface area contributed by atoms with E-state index in [9.17, 15) is 0 Å². The third kappa shape index (κ3) is 4.17. The molecule has 0 aromatic carbocycles. The highest BCUT2D eigenvalue weighted by atomic mass is 15.3. The van der Waals surface area contributed by atoms with Crippen LogP contribution in [0, 0.1) is 0 Å². The number of pyridine rings is 2. The Kier molecular flexibility index (Phi) is 5.09. The SMILES string of the molecule is CCC(N=Nc1cccc[n+]1C)=NN=c1ccccn1C. The van der Waals surface area contributed by atoms with Crippen molar-refractivity contribution in [2.24, 2.45) is 34.5 Å². The van der Waals surface area contributed by atoms with Crippen molar-refractivity contribution in [3.05, 3.63) is 54.3 Å². The van der Waals surface area contributed by atoms with Gasteiger partial charge in [0, 0.05) is 25.7 Å². The zero-order valence-corrected chi connectivity index (χ0v) is 12.5. The van der Waals surface area contributed by atoms with Crippen molar-refractivity contribution >= 4 is 11.7 Å². The summed E-state index contributed by atoms with van der Waals surface area (Å²) in [6.07, 6.45) is 4.51. The topological polar surface area (TPSA) is 58.2 Å². The molecule has 2 heterocycles. The van der Waals surface area contributed by atoms with Gasteiger partial charge in [-0.25, -0.2) is 4.57 Å². The Labute approximate surface area is 123 Å². The lowest BCUT2D eigenvalue weighted by atomic mass is 10.4. The van der Waals surface area contributed by atoms with Crippen LogP contribution in [0.2, 0.25) is 0 Å². The first kappa shape index (κ1) is 14.8. The van der Waals surface area contributed by atoms with Crippen molar-refractivity contribution in [3.63, 3.8) is 0 Å². The van der Waals surface area contributed by atoms with E-state index in [4.69, 9.17) is 0 Å². The van der Waals surface area contributed by atoms with Crippen molar-refractivity contribution in [2.45, 2.75) is 13.3 Å². The second-order valence-electron chi connectivity index (χ2n) is 4.51. The molecule has 0 unspecified atom stereocenters. The normalized spacial score (nSPS) is 13.1. The first-order valence-corrected chi connectivity index (χ1v) is 6.79. The Morgan fingerprint density at radius 2 is 2.00 bits per heavy atom. The van der Waals surface area contributed by atoms with E-state index in [1.165, 1.54) is 0 Å². The van der Waals surface area contributed by atoms with Gasteiger partial charge in [-0.2, -0.15) is 0 Å². The molecule has 0 saturated heterocycles. The van der Waals surface area contributed by atoms with Crippen LogP contribution < -0.4 is 10.1 Å². The quantitative estimate of drug-likeness (QED) is 0.273. The molecule has 0 aliphatic carbocycles. The van der Waals surface area contributed by atoms with E-state index in [2.05, 4.69) is 20.4 Å². The van der Waals surface area contributed by atoms with Gasteiger partial charge in [-0.1, -0.05) is 19.1 Å². The van der Waals surface area contributed by atoms with Crippen LogP contribution in [0.25, 0.3) is 0 Å². The lowest BCUT2D eigenvalue weighted by molar-refractivity contribution is -0.658. The van der Waals surface area contributed by atoms with Crippen molar-refractivity contribution in [3.8, 4) is 0 Å². The fraction of sp³-hybridized carbons (Fsp3) is 0.267. The summed E-state index contributed by atoms with van der Waals surface area (Å²) in [4.78, 5) is 0. The fourth-order valence-electron chi connectivity index (χ4n) is 1.62. The van der Waals surface area contributed by atoms with Crippen LogP contribution in [0.4, 0.5) is 5.82 Å². The number of rotatable bonds is 3. The van der Waals surface area contributed by atoms with Gasteiger partial charge in [0.25, 0.3) is 0 Å². The van der Waals surface area contributed by atoms with Gasteiger partial charge in [-0.05, 0) is 23.3 Å². The Bertz CT molecular complexity index is 727. The van der Waals surface area contributed by atoms with Crippen LogP contribution in [0.5, 0.6) is 0 Å². The minimum atomic E-state index is 0.586. The summed E-state index contributed by atoms with van der Waals surface area (Å²) in [5.41, 5.74) is 0.768. The molecule has 0 amide bonds. The van der Waals surface area contributed by atoms with Gasteiger partial charge in [-0.3, -0.25) is 0 Å². The number of aromatic nitrogens is 2. The Morgan fingerprint density at radius 3 is 2.71 bits per heavy atom. The third-order valence-electron chi connectivity index (χ3n) is 2.91. The third-order valence-corrected chi connectivity index (χ3v) is 2.91. The van der Waals surface area contributed by atoms with E-state index >= 15 is 0 Å². The van der Waals surface area contributed by atoms with Gasteiger partial charge in [0.15, 0.2) is 11.3 Å². The van der Waals surface area contributed by atoms with Crippen LogP contribution in [0.15, 0.2) is 69.2 Å². The van der Waals surface area contributed by atoms with Crippen molar-refractivity contribution < 1.29 is 4.57 Å². The smallest absolute Gasteiger partial charge is 0.335 e. The molecule has 108 valence electrons. The molecule has 6 heteroatoms. The average Bonchev–Trinajstić information content (AvgIpc) is 2.50. The molecule has 6 nitrogen and oxygen atoms in total. The fourth-order valence-corrected chi connectivity index (χ4v) is 1.62. The molecule has 0 spiro atoms. The predicted molar refractivity (Wildman–Crippen MR) is 80.8 cm³/mol. The molecular formula is C15H19N6+. The Morgan fingerprint density at radius 1 is 1.19 bits per heavy atom. The second kappa shape index (κ2) is 7.23. The maximum Gasteiger partial charge on any atom is 0.350 e. The highest BCUT2D eigenvalue weighted by Crippen LogP contribution is 2.04. The zero-order chi connectivity index (χ0) is 15.1. The summed E-state index contributed by atoms with van der Waals surface area (Å²) in [7, 11) is 3.84. The van der Waals surface area contributed by atoms with Crippen molar-refractivity contribution in [1.29, 1.82) is 0 Å². The van der Waals surface area contributed by atoms with E-state index in [0.29, 0.717) is 12.3 Å². The van der Waals surface area contributed by atoms with Crippen LogP contribution in [-0.4, -0.2) is 10.4 Å². The number of hydrogen-bond donors (Lipinski definition) is 0. The minimum Gasteiger partial charge on any atom is -0.335 e. The van der Waals surface area contributed by atoms with Gasteiger partial charge in [0.1, 0.15) is 0 Å². The largest absolute Gasteiger partial charge is 0.350 e. The van der Waals surface area contributed by atoms with E-state index in [-0.39, 0.29) is 0 Å². The summed E-state index contributed by atoms with van der Waals surface area (Å²) in [6, 6.07) is 11.5. The van der Waals surface area contributed by atoms with Gasteiger partial charge in [0.2, 0.25) is 0 Å². The number of azo groups is 1. The molecule has 0 aliphatic rings. The summed E-state index contributed by atoms with van der Waals surface area (Å²) in [5.74, 6) is 1.35. The summed E-state index contributed by atoms with van der Waals surface area (Å²) < 4.78 is 3.79. The molecule has 21 heavy (non-hydrogen) atoms.